The van der Waals surface area contributed by atoms with Crippen molar-refractivity contribution in [1.82, 2.24) is 14.9 Å². The summed E-state index contributed by atoms with van der Waals surface area (Å²) in [6, 6.07) is 38.7. The van der Waals surface area contributed by atoms with E-state index >= 15 is 0 Å². The van der Waals surface area contributed by atoms with Gasteiger partial charge in [0.05, 0.1) is 30.6 Å². The SMILES string of the molecule is COc1ccc(Oc2ccc(N3C(=S)N[C@@H](c4ccccn4)[C@@H]3c3cc(C)n(-c4cccc5ccccc45)c3C)cc2)cc1. The molecule has 4 aromatic carbocycles. The van der Waals surface area contributed by atoms with E-state index in [4.69, 9.17) is 26.7 Å². The topological polar surface area (TPSA) is 51.6 Å². The van der Waals surface area contributed by atoms with Crippen molar-refractivity contribution in [3.8, 4) is 22.9 Å². The minimum Gasteiger partial charge on any atom is -0.497 e. The van der Waals surface area contributed by atoms with E-state index in [-0.39, 0.29) is 12.1 Å². The van der Waals surface area contributed by atoms with Crippen LogP contribution in [0, 0.1) is 13.8 Å². The summed E-state index contributed by atoms with van der Waals surface area (Å²) in [6.45, 7) is 4.37. The molecule has 0 saturated carbocycles. The Morgan fingerprint density at radius 3 is 2.18 bits per heavy atom. The zero-order chi connectivity index (χ0) is 30.2. The first kappa shape index (κ1) is 27.7. The third kappa shape index (κ3) is 4.95. The fraction of sp³-hybridized carbons (Fsp3) is 0.135. The lowest BCUT2D eigenvalue weighted by molar-refractivity contribution is 0.413. The third-order valence-corrected chi connectivity index (χ3v) is 8.62. The number of nitrogens with one attached hydrogen (secondary N) is 1. The number of hydrogen-bond acceptors (Lipinski definition) is 4. The molecule has 7 rings (SSSR count). The molecule has 218 valence electrons. The number of pyridine rings is 1. The lowest BCUT2D eigenvalue weighted by Gasteiger charge is -2.28. The highest BCUT2D eigenvalue weighted by Gasteiger charge is 2.42. The van der Waals surface area contributed by atoms with Crippen molar-refractivity contribution >= 4 is 33.8 Å². The number of anilines is 1. The number of fused-ring (bicyclic) bond motifs is 1. The Morgan fingerprint density at radius 1 is 0.773 bits per heavy atom. The summed E-state index contributed by atoms with van der Waals surface area (Å²) in [7, 11) is 1.65. The largest absolute Gasteiger partial charge is 0.497 e. The molecule has 44 heavy (non-hydrogen) atoms. The standard InChI is InChI=1S/C37H32N4O2S/c1-24-23-32(25(2)40(24)34-13-8-10-26-9-4-5-11-31(26)34)36-35(33-12-6-7-22-38-33)39-37(44)41(36)27-14-16-29(17-15-27)43-30-20-18-28(42-3)19-21-30/h4-23,35-36H,1-3H3,(H,39,44)/t35-,36-/m0/s1. The molecule has 0 bridgehead atoms. The smallest absolute Gasteiger partial charge is 0.174 e. The van der Waals surface area contributed by atoms with E-state index in [1.54, 1.807) is 7.11 Å². The zero-order valence-electron chi connectivity index (χ0n) is 24.8. The van der Waals surface area contributed by atoms with Crippen molar-refractivity contribution in [1.29, 1.82) is 0 Å². The van der Waals surface area contributed by atoms with Gasteiger partial charge >= 0.3 is 0 Å². The minimum atomic E-state index is -0.139. The summed E-state index contributed by atoms with van der Waals surface area (Å²) >= 11 is 6.01. The predicted molar refractivity (Wildman–Crippen MR) is 180 cm³/mol. The van der Waals surface area contributed by atoms with Crippen molar-refractivity contribution in [2.45, 2.75) is 25.9 Å². The molecule has 2 atom stereocenters. The fourth-order valence-corrected chi connectivity index (χ4v) is 6.61. The van der Waals surface area contributed by atoms with Crippen molar-refractivity contribution in [2.24, 2.45) is 0 Å². The van der Waals surface area contributed by atoms with Gasteiger partial charge in [-0.1, -0.05) is 42.5 Å². The molecule has 1 aliphatic heterocycles. The monoisotopic (exact) mass is 596 g/mol. The minimum absolute atomic E-state index is 0.124. The van der Waals surface area contributed by atoms with Crippen LogP contribution >= 0.6 is 12.2 Å². The maximum Gasteiger partial charge on any atom is 0.174 e. The van der Waals surface area contributed by atoms with Crippen LogP contribution in [0.15, 0.2) is 121 Å². The van der Waals surface area contributed by atoms with Crippen LogP contribution in [0.3, 0.4) is 0 Å². The summed E-state index contributed by atoms with van der Waals surface area (Å²) in [5.74, 6) is 2.27. The Morgan fingerprint density at radius 2 is 1.45 bits per heavy atom. The van der Waals surface area contributed by atoms with Gasteiger partial charge in [0.1, 0.15) is 17.2 Å². The number of thiocarbonyl (C=S) groups is 1. The Kier molecular flexibility index (Phi) is 7.24. The highest BCUT2D eigenvalue weighted by atomic mass is 32.1. The average Bonchev–Trinajstić information content (AvgIpc) is 3.56. The molecule has 1 N–H and O–H groups in total. The van der Waals surface area contributed by atoms with E-state index in [2.05, 4.69) is 95.4 Å². The van der Waals surface area contributed by atoms with E-state index in [1.807, 2.05) is 54.7 Å². The molecule has 0 aliphatic carbocycles. The van der Waals surface area contributed by atoms with Gasteiger partial charge in [0.25, 0.3) is 0 Å². The molecule has 7 heteroatoms. The van der Waals surface area contributed by atoms with Gasteiger partial charge in [0.15, 0.2) is 5.11 Å². The Balaban J connectivity index is 1.29. The molecular weight excluding hydrogens is 565 g/mol. The number of methoxy groups -OCH3 is 1. The van der Waals surface area contributed by atoms with E-state index in [9.17, 15) is 0 Å². The van der Waals surface area contributed by atoms with Crippen molar-refractivity contribution in [2.75, 3.05) is 12.0 Å². The Labute approximate surface area is 262 Å². The van der Waals surface area contributed by atoms with Crippen LogP contribution in [-0.2, 0) is 0 Å². The van der Waals surface area contributed by atoms with Gasteiger partial charge in [-0.25, -0.2) is 0 Å². The first-order chi connectivity index (χ1) is 21.5. The highest BCUT2D eigenvalue weighted by molar-refractivity contribution is 7.80. The molecule has 0 unspecified atom stereocenters. The van der Waals surface area contributed by atoms with E-state index in [0.29, 0.717) is 5.11 Å². The van der Waals surface area contributed by atoms with Crippen LogP contribution in [0.25, 0.3) is 16.5 Å². The molecule has 1 fully saturated rings. The second kappa shape index (κ2) is 11.5. The van der Waals surface area contributed by atoms with Crippen LogP contribution in [0.5, 0.6) is 17.2 Å². The van der Waals surface area contributed by atoms with E-state index < -0.39 is 0 Å². The number of rotatable bonds is 7. The molecule has 1 aliphatic rings. The van der Waals surface area contributed by atoms with E-state index in [1.165, 1.54) is 27.7 Å². The quantitative estimate of drug-likeness (QED) is 0.186. The molecule has 0 radical (unpaired) electrons. The van der Waals surface area contributed by atoms with Crippen LogP contribution in [0.1, 0.15) is 34.7 Å². The normalized spacial score (nSPS) is 16.2. The Hall–Kier alpha value is -5.14. The van der Waals surface area contributed by atoms with Gasteiger partial charge in [-0.15, -0.1) is 0 Å². The lowest BCUT2D eigenvalue weighted by atomic mass is 9.96. The van der Waals surface area contributed by atoms with Gasteiger partial charge in [0, 0.05) is 28.7 Å². The number of benzene rings is 4. The van der Waals surface area contributed by atoms with Gasteiger partial charge in [-0.3, -0.25) is 4.98 Å². The first-order valence-corrected chi connectivity index (χ1v) is 15.0. The maximum atomic E-state index is 6.11. The highest BCUT2D eigenvalue weighted by Crippen LogP contribution is 2.44. The second-order valence-corrected chi connectivity index (χ2v) is 11.3. The van der Waals surface area contributed by atoms with Crippen molar-refractivity contribution in [3.05, 3.63) is 144 Å². The van der Waals surface area contributed by atoms with Crippen LogP contribution in [-0.4, -0.2) is 21.8 Å². The molecule has 2 aromatic heterocycles. The fourth-order valence-electron chi connectivity index (χ4n) is 6.26. The summed E-state index contributed by atoms with van der Waals surface area (Å²) in [6.07, 6.45) is 1.84. The Bertz CT molecular complexity index is 1950. The van der Waals surface area contributed by atoms with Crippen LogP contribution in [0.4, 0.5) is 5.69 Å². The zero-order valence-corrected chi connectivity index (χ0v) is 25.6. The summed E-state index contributed by atoms with van der Waals surface area (Å²) < 4.78 is 13.7. The van der Waals surface area contributed by atoms with Gasteiger partial charge in [-0.05, 0) is 110 Å². The van der Waals surface area contributed by atoms with Crippen LogP contribution < -0.4 is 19.7 Å². The third-order valence-electron chi connectivity index (χ3n) is 8.30. The molecular formula is C37H32N4O2S. The van der Waals surface area contributed by atoms with Gasteiger partial charge in [-0.2, -0.15) is 0 Å². The number of aryl methyl sites for hydroxylation is 1. The predicted octanol–water partition coefficient (Wildman–Crippen LogP) is 8.62. The number of nitrogens with zero attached hydrogens (tertiary/aromatic N) is 3. The van der Waals surface area contributed by atoms with Crippen LogP contribution in [0.2, 0.25) is 0 Å². The van der Waals surface area contributed by atoms with Gasteiger partial charge < -0.3 is 24.3 Å². The first-order valence-electron chi connectivity index (χ1n) is 14.6. The molecule has 0 spiro atoms. The molecule has 0 amide bonds. The molecule has 6 aromatic rings. The number of hydrogen-bond donors (Lipinski definition) is 1. The average molecular weight is 597 g/mol. The molecule has 3 heterocycles. The summed E-state index contributed by atoms with van der Waals surface area (Å²) in [5.41, 5.74) is 6.60. The van der Waals surface area contributed by atoms with E-state index in [0.717, 1.165) is 34.3 Å². The number of aromatic nitrogens is 2. The van der Waals surface area contributed by atoms with Crippen molar-refractivity contribution in [3.63, 3.8) is 0 Å². The van der Waals surface area contributed by atoms with Crippen molar-refractivity contribution < 1.29 is 9.47 Å². The molecule has 6 nitrogen and oxygen atoms in total. The lowest BCUT2D eigenvalue weighted by Crippen LogP contribution is -2.29. The second-order valence-electron chi connectivity index (χ2n) is 10.9. The summed E-state index contributed by atoms with van der Waals surface area (Å²) in [4.78, 5) is 6.96. The molecule has 1 saturated heterocycles. The maximum absolute atomic E-state index is 6.11. The summed E-state index contributed by atoms with van der Waals surface area (Å²) in [5, 5.41) is 6.69. The van der Waals surface area contributed by atoms with Gasteiger partial charge in [0.2, 0.25) is 0 Å². The number of ether oxygens (including phenoxy) is 2.